The van der Waals surface area contributed by atoms with Crippen LogP contribution in [0.2, 0.25) is 0 Å². The van der Waals surface area contributed by atoms with Crippen LogP contribution in [0.1, 0.15) is 15.6 Å². The molecule has 0 unspecified atom stereocenters. The van der Waals surface area contributed by atoms with Crippen molar-refractivity contribution in [1.82, 2.24) is 15.2 Å². The molecule has 0 radical (unpaired) electrons. The fourth-order valence-electron chi connectivity index (χ4n) is 3.01. The van der Waals surface area contributed by atoms with E-state index < -0.39 is 0 Å². The summed E-state index contributed by atoms with van der Waals surface area (Å²) >= 11 is 3.61. The molecule has 1 N–H and O–H groups in total. The molecule has 130 valence electrons. The number of aliphatic imine (C=N–C) groups is 1. The van der Waals surface area contributed by atoms with E-state index in [2.05, 4.69) is 56.5 Å². The van der Waals surface area contributed by atoms with E-state index in [0.29, 0.717) is 0 Å². The van der Waals surface area contributed by atoms with Crippen molar-refractivity contribution >= 4 is 33.6 Å². The lowest BCUT2D eigenvalue weighted by molar-refractivity contribution is 0.374. The van der Waals surface area contributed by atoms with E-state index in [-0.39, 0.29) is 0 Å². The first kappa shape index (κ1) is 17.2. The Bertz CT molecular complexity index is 669. The minimum atomic E-state index is 0.903. The summed E-state index contributed by atoms with van der Waals surface area (Å²) in [6.07, 6.45) is 1.01. The molecule has 2 aromatic rings. The number of guanidine groups is 1. The summed E-state index contributed by atoms with van der Waals surface area (Å²) in [5, 5.41) is 8.18. The summed E-state index contributed by atoms with van der Waals surface area (Å²) in [6.45, 7) is 9.19. The number of anilines is 1. The minimum Gasteiger partial charge on any atom is -0.360 e. The topological polar surface area (TPSA) is 43.8 Å². The van der Waals surface area contributed by atoms with Crippen LogP contribution in [-0.2, 0) is 6.42 Å². The van der Waals surface area contributed by atoms with Crippen LogP contribution >= 0.6 is 22.7 Å². The third kappa shape index (κ3) is 4.08. The van der Waals surface area contributed by atoms with E-state index in [4.69, 9.17) is 0 Å². The summed E-state index contributed by atoms with van der Waals surface area (Å²) in [5.74, 6) is 1.01. The molecule has 24 heavy (non-hydrogen) atoms. The summed E-state index contributed by atoms with van der Waals surface area (Å²) in [6, 6.07) is 4.32. The van der Waals surface area contributed by atoms with E-state index in [9.17, 15) is 0 Å². The van der Waals surface area contributed by atoms with Gasteiger partial charge in [-0.3, -0.25) is 4.99 Å². The van der Waals surface area contributed by atoms with E-state index in [1.165, 1.54) is 15.6 Å². The number of thiazole rings is 1. The number of rotatable bonds is 4. The van der Waals surface area contributed by atoms with Gasteiger partial charge in [-0.1, -0.05) is 0 Å². The number of piperazine rings is 1. The van der Waals surface area contributed by atoms with Gasteiger partial charge >= 0.3 is 0 Å². The van der Waals surface area contributed by atoms with Gasteiger partial charge in [0, 0.05) is 51.1 Å². The van der Waals surface area contributed by atoms with Crippen molar-refractivity contribution in [2.75, 3.05) is 44.7 Å². The van der Waals surface area contributed by atoms with Crippen LogP contribution in [0.5, 0.6) is 0 Å². The number of hydrogen-bond acceptors (Lipinski definition) is 5. The molecule has 5 nitrogen and oxygen atoms in total. The standard InChI is InChI=1S/C17H25N5S2/c1-13-15(24-14(2)20-13)6-7-19-17(18-3)22-10-8-21(9-11-22)16-5-4-12-23-16/h4-5,12H,6-11H2,1-3H3,(H,18,19). The fraction of sp³-hybridized carbons (Fsp3) is 0.529. The van der Waals surface area contributed by atoms with Gasteiger partial charge in [0.05, 0.1) is 15.7 Å². The number of hydrogen-bond donors (Lipinski definition) is 1. The second-order valence-corrected chi connectivity index (χ2v) is 8.10. The monoisotopic (exact) mass is 363 g/mol. The van der Waals surface area contributed by atoms with Gasteiger partial charge in [0.2, 0.25) is 0 Å². The average molecular weight is 364 g/mol. The smallest absolute Gasteiger partial charge is 0.193 e. The molecule has 0 aromatic carbocycles. The van der Waals surface area contributed by atoms with Crippen LogP contribution in [-0.4, -0.2) is 55.6 Å². The Labute approximate surface area is 152 Å². The highest BCUT2D eigenvalue weighted by molar-refractivity contribution is 7.14. The molecule has 2 aromatic heterocycles. The predicted octanol–water partition coefficient (Wildman–Crippen LogP) is 2.76. The molecule has 3 heterocycles. The molecule has 0 bridgehead atoms. The molecule has 1 aliphatic rings. The Kier molecular flexibility index (Phi) is 5.73. The zero-order chi connectivity index (χ0) is 16.9. The second-order valence-electron chi connectivity index (χ2n) is 5.89. The van der Waals surface area contributed by atoms with Crippen LogP contribution in [0.3, 0.4) is 0 Å². The van der Waals surface area contributed by atoms with Crippen molar-refractivity contribution in [3.05, 3.63) is 33.1 Å². The molecule has 0 atom stereocenters. The number of aromatic nitrogens is 1. The van der Waals surface area contributed by atoms with Gasteiger partial charge in [-0.15, -0.1) is 22.7 Å². The van der Waals surface area contributed by atoms with Crippen molar-refractivity contribution in [1.29, 1.82) is 0 Å². The molecule has 0 spiro atoms. The van der Waals surface area contributed by atoms with Crippen LogP contribution in [0.15, 0.2) is 22.5 Å². The van der Waals surface area contributed by atoms with E-state index in [0.717, 1.165) is 50.1 Å². The average Bonchev–Trinajstić information content (AvgIpc) is 3.22. The quantitative estimate of drug-likeness (QED) is 0.670. The molecular formula is C17H25N5S2. The molecule has 0 aliphatic carbocycles. The Hall–Kier alpha value is -1.60. The van der Waals surface area contributed by atoms with Crippen molar-refractivity contribution in [2.45, 2.75) is 20.3 Å². The van der Waals surface area contributed by atoms with Gasteiger partial charge < -0.3 is 15.1 Å². The molecule has 1 aliphatic heterocycles. The van der Waals surface area contributed by atoms with E-state index >= 15 is 0 Å². The number of nitrogens with one attached hydrogen (secondary N) is 1. The van der Waals surface area contributed by atoms with Gasteiger partial charge in [-0.25, -0.2) is 4.98 Å². The third-order valence-electron chi connectivity index (χ3n) is 4.24. The van der Waals surface area contributed by atoms with Crippen LogP contribution < -0.4 is 10.2 Å². The maximum atomic E-state index is 4.50. The highest BCUT2D eigenvalue weighted by atomic mass is 32.1. The van der Waals surface area contributed by atoms with Crippen molar-refractivity contribution in [3.8, 4) is 0 Å². The van der Waals surface area contributed by atoms with Gasteiger partial charge in [0.25, 0.3) is 0 Å². The molecule has 7 heteroatoms. The van der Waals surface area contributed by atoms with Crippen molar-refractivity contribution in [3.63, 3.8) is 0 Å². The van der Waals surface area contributed by atoms with E-state index in [1.54, 1.807) is 11.3 Å². The Morgan fingerprint density at radius 3 is 2.67 bits per heavy atom. The minimum absolute atomic E-state index is 0.903. The largest absolute Gasteiger partial charge is 0.360 e. The Morgan fingerprint density at radius 2 is 2.08 bits per heavy atom. The summed E-state index contributed by atoms with van der Waals surface area (Å²) in [7, 11) is 1.87. The normalized spacial score (nSPS) is 15.9. The first-order valence-corrected chi connectivity index (χ1v) is 10.0. The zero-order valence-corrected chi connectivity index (χ0v) is 16.2. The summed E-state index contributed by atoms with van der Waals surface area (Å²) in [4.78, 5) is 15.1. The number of thiophene rings is 1. The maximum absolute atomic E-state index is 4.50. The van der Waals surface area contributed by atoms with Gasteiger partial charge in [-0.2, -0.15) is 0 Å². The van der Waals surface area contributed by atoms with Gasteiger partial charge in [0.15, 0.2) is 5.96 Å². The third-order valence-corrected chi connectivity index (χ3v) is 6.31. The lowest BCUT2D eigenvalue weighted by Gasteiger charge is -2.37. The Balaban J connectivity index is 1.48. The second kappa shape index (κ2) is 7.98. The van der Waals surface area contributed by atoms with Crippen molar-refractivity contribution < 1.29 is 0 Å². The first-order chi connectivity index (χ1) is 11.7. The fourth-order valence-corrected chi connectivity index (χ4v) is 4.74. The molecule has 3 rings (SSSR count). The lowest BCUT2D eigenvalue weighted by atomic mass is 10.3. The summed E-state index contributed by atoms with van der Waals surface area (Å²) in [5.41, 5.74) is 1.17. The van der Waals surface area contributed by atoms with Crippen LogP contribution in [0.4, 0.5) is 5.00 Å². The van der Waals surface area contributed by atoms with Crippen LogP contribution in [0.25, 0.3) is 0 Å². The Morgan fingerprint density at radius 1 is 1.29 bits per heavy atom. The maximum Gasteiger partial charge on any atom is 0.193 e. The highest BCUT2D eigenvalue weighted by Gasteiger charge is 2.20. The SMILES string of the molecule is CN=C(NCCc1sc(C)nc1C)N1CCN(c2cccs2)CC1. The molecular weight excluding hydrogens is 338 g/mol. The van der Waals surface area contributed by atoms with E-state index in [1.807, 2.05) is 18.4 Å². The zero-order valence-electron chi connectivity index (χ0n) is 14.6. The first-order valence-electron chi connectivity index (χ1n) is 8.34. The summed E-state index contributed by atoms with van der Waals surface area (Å²) < 4.78 is 0. The molecule has 1 saturated heterocycles. The van der Waals surface area contributed by atoms with Gasteiger partial charge in [-0.05, 0) is 31.4 Å². The van der Waals surface area contributed by atoms with Gasteiger partial charge in [0.1, 0.15) is 0 Å². The number of aryl methyl sites for hydroxylation is 2. The molecule has 0 amide bonds. The van der Waals surface area contributed by atoms with Crippen molar-refractivity contribution in [2.24, 2.45) is 4.99 Å². The highest BCUT2D eigenvalue weighted by Crippen LogP contribution is 2.22. The predicted molar refractivity (Wildman–Crippen MR) is 105 cm³/mol. The molecule has 1 fully saturated rings. The van der Waals surface area contributed by atoms with Crippen LogP contribution in [0, 0.1) is 13.8 Å². The lowest BCUT2D eigenvalue weighted by Crippen LogP contribution is -2.52. The number of nitrogens with zero attached hydrogens (tertiary/aromatic N) is 4. The molecule has 0 saturated carbocycles.